The first-order valence-electron chi connectivity index (χ1n) is 10.7. The Kier molecular flexibility index (Phi) is 6.37. The molecule has 0 aliphatic carbocycles. The Morgan fingerprint density at radius 2 is 1.37 bits per heavy atom. The largest absolute Gasteiger partial charge is 0.379 e. The number of hydrogen-bond donors (Lipinski definition) is 0. The SMILES string of the molecule is Cc1cc(P(=O)(N2CCOCC2)N2CCOCC2)c(C)n1-c1ccc(N(C)C)cc1. The van der Waals surface area contributed by atoms with E-state index in [1.165, 1.54) is 0 Å². The van der Waals surface area contributed by atoms with Crippen molar-refractivity contribution in [1.29, 1.82) is 0 Å². The Morgan fingerprint density at radius 1 is 0.867 bits per heavy atom. The number of anilines is 1. The molecular weight excluding hydrogens is 399 g/mol. The Morgan fingerprint density at radius 3 is 1.83 bits per heavy atom. The Hall–Kier alpha value is -1.63. The molecule has 0 saturated carbocycles. The van der Waals surface area contributed by atoms with Crippen LogP contribution in [0.1, 0.15) is 11.4 Å². The second-order valence-electron chi connectivity index (χ2n) is 8.18. The zero-order chi connectivity index (χ0) is 21.3. The van der Waals surface area contributed by atoms with Crippen molar-refractivity contribution in [1.82, 2.24) is 13.9 Å². The van der Waals surface area contributed by atoms with Crippen molar-refractivity contribution in [2.24, 2.45) is 0 Å². The van der Waals surface area contributed by atoms with Crippen LogP contribution in [0.25, 0.3) is 5.69 Å². The molecule has 2 aromatic rings. The predicted octanol–water partition coefficient (Wildman–Crippen LogP) is 2.64. The lowest BCUT2D eigenvalue weighted by atomic mass is 10.2. The van der Waals surface area contributed by atoms with Crippen LogP contribution < -0.4 is 10.2 Å². The molecule has 8 heteroatoms. The summed E-state index contributed by atoms with van der Waals surface area (Å²) in [6, 6.07) is 10.6. The van der Waals surface area contributed by atoms with Crippen LogP contribution in [0.5, 0.6) is 0 Å². The summed E-state index contributed by atoms with van der Waals surface area (Å²) in [6.45, 7) is 9.45. The third kappa shape index (κ3) is 3.85. The minimum Gasteiger partial charge on any atom is -0.379 e. The van der Waals surface area contributed by atoms with Crippen molar-refractivity contribution in [3.8, 4) is 5.69 Å². The molecule has 2 aliphatic heterocycles. The maximum Gasteiger partial charge on any atom is 0.247 e. The van der Waals surface area contributed by atoms with Gasteiger partial charge in [-0.2, -0.15) is 0 Å². The van der Waals surface area contributed by atoms with E-state index >= 15 is 0 Å². The summed E-state index contributed by atoms with van der Waals surface area (Å²) in [5.41, 5.74) is 4.40. The molecule has 0 unspecified atom stereocenters. The summed E-state index contributed by atoms with van der Waals surface area (Å²) in [6.07, 6.45) is 0. The molecule has 3 heterocycles. The van der Waals surface area contributed by atoms with E-state index in [1.54, 1.807) is 0 Å². The molecular formula is C22H33N4O3P. The van der Waals surface area contributed by atoms with Gasteiger partial charge in [-0.1, -0.05) is 0 Å². The highest BCUT2D eigenvalue weighted by Crippen LogP contribution is 2.53. The van der Waals surface area contributed by atoms with Crippen molar-refractivity contribution in [3.05, 3.63) is 41.7 Å². The summed E-state index contributed by atoms with van der Waals surface area (Å²) in [5.74, 6) is 0. The standard InChI is InChI=1S/C22H33N4O3P/c1-18-17-22(19(2)26(18)21-7-5-20(6-8-21)23(3)4)30(27,24-9-13-28-14-10-24)25-11-15-29-16-12-25/h5-8,17H,9-16H2,1-4H3. The molecule has 2 fully saturated rings. The normalized spacial score (nSPS) is 19.2. The summed E-state index contributed by atoms with van der Waals surface area (Å²) in [7, 11) is 1.15. The first-order chi connectivity index (χ1) is 14.4. The van der Waals surface area contributed by atoms with Crippen molar-refractivity contribution in [2.75, 3.05) is 71.6 Å². The average molecular weight is 433 g/mol. The van der Waals surface area contributed by atoms with Gasteiger partial charge in [0, 0.05) is 63.0 Å². The lowest BCUT2D eigenvalue weighted by molar-refractivity contribution is 0.0538. The van der Waals surface area contributed by atoms with Gasteiger partial charge in [0.25, 0.3) is 0 Å². The van der Waals surface area contributed by atoms with E-state index in [4.69, 9.17) is 9.47 Å². The average Bonchev–Trinajstić information content (AvgIpc) is 3.08. The van der Waals surface area contributed by atoms with Gasteiger partial charge in [0.05, 0.1) is 31.7 Å². The molecule has 30 heavy (non-hydrogen) atoms. The predicted molar refractivity (Wildman–Crippen MR) is 122 cm³/mol. The van der Waals surface area contributed by atoms with Gasteiger partial charge in [-0.3, -0.25) is 4.57 Å². The summed E-state index contributed by atoms with van der Waals surface area (Å²) >= 11 is 0. The molecule has 2 aliphatic rings. The zero-order valence-corrected chi connectivity index (χ0v) is 19.4. The van der Waals surface area contributed by atoms with Gasteiger partial charge in [0.1, 0.15) is 0 Å². The van der Waals surface area contributed by atoms with Crippen molar-refractivity contribution in [2.45, 2.75) is 13.8 Å². The third-order valence-electron chi connectivity index (χ3n) is 6.08. The molecule has 4 rings (SSSR count). The fourth-order valence-corrected chi connectivity index (χ4v) is 7.73. The summed E-state index contributed by atoms with van der Waals surface area (Å²) < 4.78 is 32.5. The minimum atomic E-state index is -2.93. The van der Waals surface area contributed by atoms with Crippen LogP contribution >= 0.6 is 7.44 Å². The lowest BCUT2D eigenvalue weighted by Crippen LogP contribution is -2.46. The van der Waals surface area contributed by atoms with E-state index in [0.717, 1.165) is 28.1 Å². The number of nitrogens with zero attached hydrogens (tertiary/aromatic N) is 4. The Labute approximate surface area is 179 Å². The molecule has 1 aromatic heterocycles. The highest BCUT2D eigenvalue weighted by atomic mass is 31.2. The van der Waals surface area contributed by atoms with Crippen LogP contribution in [-0.4, -0.2) is 80.6 Å². The molecule has 164 valence electrons. The number of ether oxygens (including phenoxy) is 2. The fourth-order valence-electron chi connectivity index (χ4n) is 4.47. The van der Waals surface area contributed by atoms with Gasteiger partial charge in [0.2, 0.25) is 7.44 Å². The molecule has 0 spiro atoms. The van der Waals surface area contributed by atoms with Crippen LogP contribution in [0.3, 0.4) is 0 Å². The Bertz CT molecular complexity index is 891. The van der Waals surface area contributed by atoms with E-state index in [2.05, 4.69) is 63.0 Å². The molecule has 0 N–H and O–H groups in total. The number of rotatable bonds is 5. The number of aromatic nitrogens is 1. The van der Waals surface area contributed by atoms with Crippen LogP contribution in [0, 0.1) is 13.8 Å². The van der Waals surface area contributed by atoms with Crippen LogP contribution in [0.4, 0.5) is 5.69 Å². The van der Waals surface area contributed by atoms with Gasteiger partial charge in [-0.15, -0.1) is 0 Å². The molecule has 0 atom stereocenters. The van der Waals surface area contributed by atoms with E-state index < -0.39 is 7.44 Å². The molecule has 0 amide bonds. The van der Waals surface area contributed by atoms with Crippen molar-refractivity contribution < 1.29 is 14.0 Å². The highest BCUT2D eigenvalue weighted by molar-refractivity contribution is 7.67. The monoisotopic (exact) mass is 432 g/mol. The van der Waals surface area contributed by atoms with Crippen LogP contribution in [-0.2, 0) is 14.0 Å². The van der Waals surface area contributed by atoms with Gasteiger partial charge < -0.3 is 18.9 Å². The van der Waals surface area contributed by atoms with Gasteiger partial charge in [-0.05, 0) is 44.2 Å². The maximum atomic E-state index is 14.8. The fraction of sp³-hybridized carbons (Fsp3) is 0.545. The van der Waals surface area contributed by atoms with Gasteiger partial charge in [-0.25, -0.2) is 9.34 Å². The third-order valence-corrected chi connectivity index (χ3v) is 9.50. The van der Waals surface area contributed by atoms with Gasteiger partial charge >= 0.3 is 0 Å². The van der Waals surface area contributed by atoms with E-state index in [0.29, 0.717) is 52.6 Å². The van der Waals surface area contributed by atoms with Crippen LogP contribution in [0.15, 0.2) is 30.3 Å². The summed E-state index contributed by atoms with van der Waals surface area (Å²) in [4.78, 5) is 2.09. The van der Waals surface area contributed by atoms with Crippen molar-refractivity contribution >= 4 is 18.4 Å². The van der Waals surface area contributed by atoms with Gasteiger partial charge in [0.15, 0.2) is 0 Å². The second kappa shape index (κ2) is 8.85. The minimum absolute atomic E-state index is 0.624. The quantitative estimate of drug-likeness (QED) is 0.677. The lowest BCUT2D eigenvalue weighted by Gasteiger charge is -2.42. The molecule has 1 aromatic carbocycles. The topological polar surface area (TPSA) is 50.2 Å². The molecule has 0 radical (unpaired) electrons. The first kappa shape index (κ1) is 21.6. The van der Waals surface area contributed by atoms with Crippen LogP contribution in [0.2, 0.25) is 0 Å². The first-order valence-corrected chi connectivity index (χ1v) is 12.3. The number of benzene rings is 1. The Balaban J connectivity index is 1.78. The van der Waals surface area contributed by atoms with E-state index in [1.807, 2.05) is 14.1 Å². The maximum absolute atomic E-state index is 14.8. The van der Waals surface area contributed by atoms with E-state index in [9.17, 15) is 4.57 Å². The molecule has 2 saturated heterocycles. The zero-order valence-electron chi connectivity index (χ0n) is 18.5. The highest BCUT2D eigenvalue weighted by Gasteiger charge is 2.42. The van der Waals surface area contributed by atoms with Crippen molar-refractivity contribution in [3.63, 3.8) is 0 Å². The number of aryl methyl sites for hydroxylation is 1. The second-order valence-corrected chi connectivity index (χ2v) is 10.9. The summed E-state index contributed by atoms with van der Waals surface area (Å²) in [5, 5.41) is 0.945. The smallest absolute Gasteiger partial charge is 0.247 e. The molecule has 0 bridgehead atoms. The number of morpholine rings is 2. The molecule has 7 nitrogen and oxygen atoms in total. The number of hydrogen-bond acceptors (Lipinski definition) is 4. The van der Waals surface area contributed by atoms with E-state index in [-0.39, 0.29) is 0 Å².